The molecule has 0 atom stereocenters. The van der Waals surface area contributed by atoms with Crippen molar-refractivity contribution in [2.24, 2.45) is 5.41 Å². The lowest BCUT2D eigenvalue weighted by Gasteiger charge is -2.17. The third kappa shape index (κ3) is 4.24. The molecule has 0 spiro atoms. The number of imidazole rings is 1. The third-order valence-electron chi connectivity index (χ3n) is 3.95. The second-order valence-electron chi connectivity index (χ2n) is 7.64. The minimum Gasteiger partial charge on any atom is -0.325 e. The lowest BCUT2D eigenvalue weighted by Crippen LogP contribution is -2.20. The molecule has 1 aromatic carbocycles. The number of pyridine rings is 1. The number of fused-ring (bicyclic) bond motifs is 1. The van der Waals surface area contributed by atoms with Crippen LogP contribution >= 0.6 is 0 Å². The highest BCUT2D eigenvalue weighted by Crippen LogP contribution is 2.23. The number of hydrogen-bond donors (Lipinski definition) is 1. The van der Waals surface area contributed by atoms with E-state index in [0.29, 0.717) is 17.9 Å². The SMILES string of the molecule is Cc1cc2c(ncn2Cc2ccccc2)nc1NC(=O)CC(C)(C)C. The minimum absolute atomic E-state index is 0.0221. The van der Waals surface area contributed by atoms with Gasteiger partial charge in [0.2, 0.25) is 5.91 Å². The number of benzene rings is 1. The number of anilines is 1. The van der Waals surface area contributed by atoms with E-state index in [1.165, 1.54) is 5.56 Å². The third-order valence-corrected chi connectivity index (χ3v) is 3.95. The van der Waals surface area contributed by atoms with Crippen LogP contribution in [0.5, 0.6) is 0 Å². The van der Waals surface area contributed by atoms with Crippen LogP contribution < -0.4 is 5.32 Å². The Kier molecular flexibility index (Phi) is 4.57. The van der Waals surface area contributed by atoms with Crippen LogP contribution in [0.15, 0.2) is 42.7 Å². The number of aromatic nitrogens is 3. The molecule has 2 aromatic heterocycles. The summed E-state index contributed by atoms with van der Waals surface area (Å²) >= 11 is 0. The van der Waals surface area contributed by atoms with Crippen LogP contribution in [0.25, 0.3) is 11.2 Å². The molecule has 0 bridgehead atoms. The summed E-state index contributed by atoms with van der Waals surface area (Å²) in [5, 5.41) is 2.92. The fourth-order valence-electron chi connectivity index (χ4n) is 2.77. The number of nitrogens with zero attached hydrogens (tertiary/aromatic N) is 3. The van der Waals surface area contributed by atoms with Crippen molar-refractivity contribution in [1.29, 1.82) is 0 Å². The van der Waals surface area contributed by atoms with Crippen molar-refractivity contribution < 1.29 is 4.79 Å². The average molecular weight is 336 g/mol. The molecule has 0 fully saturated rings. The molecule has 0 unspecified atom stereocenters. The van der Waals surface area contributed by atoms with E-state index in [1.807, 2.05) is 52.0 Å². The number of hydrogen-bond acceptors (Lipinski definition) is 3. The highest BCUT2D eigenvalue weighted by atomic mass is 16.1. The van der Waals surface area contributed by atoms with Gasteiger partial charge in [-0.25, -0.2) is 9.97 Å². The van der Waals surface area contributed by atoms with Gasteiger partial charge >= 0.3 is 0 Å². The molecule has 3 rings (SSSR count). The average Bonchev–Trinajstić information content (AvgIpc) is 2.89. The molecule has 0 aliphatic heterocycles. The van der Waals surface area contributed by atoms with E-state index >= 15 is 0 Å². The molecule has 0 aliphatic carbocycles. The fourth-order valence-corrected chi connectivity index (χ4v) is 2.77. The Morgan fingerprint density at radius 3 is 2.60 bits per heavy atom. The lowest BCUT2D eigenvalue weighted by molar-refractivity contribution is -0.117. The van der Waals surface area contributed by atoms with Gasteiger partial charge in [0.1, 0.15) is 5.82 Å². The summed E-state index contributed by atoms with van der Waals surface area (Å²) in [5.74, 6) is 0.567. The maximum atomic E-state index is 12.2. The van der Waals surface area contributed by atoms with E-state index in [1.54, 1.807) is 6.33 Å². The molecule has 0 radical (unpaired) electrons. The zero-order valence-corrected chi connectivity index (χ0v) is 15.2. The first-order valence-corrected chi connectivity index (χ1v) is 8.48. The summed E-state index contributed by atoms with van der Waals surface area (Å²) in [6, 6.07) is 12.3. The number of rotatable bonds is 4. The van der Waals surface area contributed by atoms with Gasteiger partial charge in [-0.3, -0.25) is 4.79 Å². The Bertz CT molecular complexity index is 891. The van der Waals surface area contributed by atoms with Crippen molar-refractivity contribution in [1.82, 2.24) is 14.5 Å². The van der Waals surface area contributed by atoms with Gasteiger partial charge in [0.15, 0.2) is 5.65 Å². The largest absolute Gasteiger partial charge is 0.325 e. The quantitative estimate of drug-likeness (QED) is 0.778. The lowest BCUT2D eigenvalue weighted by atomic mass is 9.92. The maximum Gasteiger partial charge on any atom is 0.226 e. The van der Waals surface area contributed by atoms with E-state index in [2.05, 4.69) is 32.0 Å². The Morgan fingerprint density at radius 2 is 1.92 bits per heavy atom. The summed E-state index contributed by atoms with van der Waals surface area (Å²) in [6.45, 7) is 8.83. The van der Waals surface area contributed by atoms with Crippen LogP contribution in [0.1, 0.15) is 38.3 Å². The summed E-state index contributed by atoms with van der Waals surface area (Å²) in [4.78, 5) is 21.1. The minimum atomic E-state index is -0.0562. The smallest absolute Gasteiger partial charge is 0.226 e. The molecule has 5 heteroatoms. The van der Waals surface area contributed by atoms with Gasteiger partial charge in [0, 0.05) is 13.0 Å². The van der Waals surface area contributed by atoms with Crippen molar-refractivity contribution in [2.75, 3.05) is 5.32 Å². The topological polar surface area (TPSA) is 59.8 Å². The number of amides is 1. The first kappa shape index (κ1) is 17.1. The predicted molar refractivity (Wildman–Crippen MR) is 101 cm³/mol. The van der Waals surface area contributed by atoms with Crippen LogP contribution in [0.2, 0.25) is 0 Å². The van der Waals surface area contributed by atoms with Crippen molar-refractivity contribution in [2.45, 2.75) is 40.7 Å². The Labute approximate surface area is 148 Å². The zero-order valence-electron chi connectivity index (χ0n) is 15.2. The van der Waals surface area contributed by atoms with E-state index in [-0.39, 0.29) is 11.3 Å². The van der Waals surface area contributed by atoms with Crippen molar-refractivity contribution >= 4 is 22.9 Å². The Balaban J connectivity index is 1.85. The monoisotopic (exact) mass is 336 g/mol. The van der Waals surface area contributed by atoms with Gasteiger partial charge in [0.05, 0.1) is 11.8 Å². The summed E-state index contributed by atoms with van der Waals surface area (Å²) in [6.07, 6.45) is 2.25. The molecular formula is C20H24N4O. The van der Waals surface area contributed by atoms with Crippen molar-refractivity contribution in [3.8, 4) is 0 Å². The van der Waals surface area contributed by atoms with Crippen LogP contribution in [0.4, 0.5) is 5.82 Å². The maximum absolute atomic E-state index is 12.2. The van der Waals surface area contributed by atoms with Gasteiger partial charge in [-0.05, 0) is 29.5 Å². The molecule has 5 nitrogen and oxygen atoms in total. The van der Waals surface area contributed by atoms with Crippen molar-refractivity contribution in [3.05, 3.63) is 53.9 Å². The summed E-state index contributed by atoms with van der Waals surface area (Å²) < 4.78 is 2.07. The first-order chi connectivity index (χ1) is 11.8. The summed E-state index contributed by atoms with van der Waals surface area (Å²) in [7, 11) is 0. The fraction of sp³-hybridized carbons (Fsp3) is 0.350. The highest BCUT2D eigenvalue weighted by Gasteiger charge is 2.17. The van der Waals surface area contributed by atoms with Gasteiger partial charge in [0.25, 0.3) is 0 Å². The predicted octanol–water partition coefficient (Wildman–Crippen LogP) is 4.16. The standard InChI is InChI=1S/C20H24N4O/c1-14-10-16-19(23-18(14)22-17(25)11-20(2,3)4)21-13-24(16)12-15-8-6-5-7-9-15/h5-10,13H,11-12H2,1-4H3,(H,22,23,25). The normalized spacial score (nSPS) is 11.7. The van der Waals surface area contributed by atoms with E-state index in [9.17, 15) is 4.79 Å². The molecule has 25 heavy (non-hydrogen) atoms. The second kappa shape index (κ2) is 6.67. The van der Waals surface area contributed by atoms with Crippen LogP contribution in [-0.2, 0) is 11.3 Å². The molecule has 130 valence electrons. The van der Waals surface area contributed by atoms with Gasteiger partial charge < -0.3 is 9.88 Å². The molecule has 1 N–H and O–H groups in total. The van der Waals surface area contributed by atoms with Crippen LogP contribution in [0.3, 0.4) is 0 Å². The van der Waals surface area contributed by atoms with Gasteiger partial charge in [-0.1, -0.05) is 51.1 Å². The number of aryl methyl sites for hydroxylation is 1. The number of nitrogens with one attached hydrogen (secondary N) is 1. The molecule has 1 amide bonds. The molecule has 0 saturated heterocycles. The Morgan fingerprint density at radius 1 is 1.20 bits per heavy atom. The van der Waals surface area contributed by atoms with E-state index < -0.39 is 0 Å². The molecule has 3 aromatic rings. The number of carbonyl (C=O) groups is 1. The second-order valence-corrected chi connectivity index (χ2v) is 7.64. The number of carbonyl (C=O) groups excluding carboxylic acids is 1. The van der Waals surface area contributed by atoms with E-state index in [4.69, 9.17) is 0 Å². The molecular weight excluding hydrogens is 312 g/mol. The van der Waals surface area contributed by atoms with E-state index in [0.717, 1.165) is 17.6 Å². The highest BCUT2D eigenvalue weighted by molar-refractivity contribution is 5.92. The van der Waals surface area contributed by atoms with Crippen LogP contribution in [0, 0.1) is 12.3 Å². The molecule has 0 saturated carbocycles. The molecule has 0 aliphatic rings. The van der Waals surface area contributed by atoms with Crippen LogP contribution in [-0.4, -0.2) is 20.4 Å². The van der Waals surface area contributed by atoms with Gasteiger partial charge in [-0.15, -0.1) is 0 Å². The zero-order chi connectivity index (χ0) is 18.0. The first-order valence-electron chi connectivity index (χ1n) is 8.48. The molecule has 2 heterocycles. The van der Waals surface area contributed by atoms with Gasteiger partial charge in [-0.2, -0.15) is 0 Å². The van der Waals surface area contributed by atoms with Crippen molar-refractivity contribution in [3.63, 3.8) is 0 Å². The Hall–Kier alpha value is -2.69. The summed E-state index contributed by atoms with van der Waals surface area (Å²) in [5.41, 5.74) is 3.70.